The van der Waals surface area contributed by atoms with Crippen LogP contribution in [0.4, 0.5) is 4.39 Å². The Bertz CT molecular complexity index is 1090. The van der Waals surface area contributed by atoms with Crippen molar-refractivity contribution < 1.29 is 13.7 Å². The smallest absolute Gasteiger partial charge is 0.260 e. The monoisotopic (exact) mass is 415 g/mol. The van der Waals surface area contributed by atoms with Gasteiger partial charge in [-0.3, -0.25) is 4.79 Å². The summed E-state index contributed by atoms with van der Waals surface area (Å²) in [5, 5.41) is 6.73. The second-order valence-electron chi connectivity index (χ2n) is 7.18. The molecule has 5 nitrogen and oxygen atoms in total. The van der Waals surface area contributed by atoms with Gasteiger partial charge in [-0.25, -0.2) is 4.39 Å². The fourth-order valence-corrected chi connectivity index (χ4v) is 3.53. The van der Waals surface area contributed by atoms with Gasteiger partial charge in [-0.15, -0.1) is 0 Å². The molecule has 0 saturated heterocycles. The SMILES string of the molecule is O=C(Cc1noc(-c2ccccc2F)n1)NCCC(c1ccccc1)c1ccccc1. The van der Waals surface area contributed by atoms with Crippen molar-refractivity contribution in [1.82, 2.24) is 15.5 Å². The molecule has 1 heterocycles. The molecule has 1 amide bonds. The molecule has 0 bridgehead atoms. The highest BCUT2D eigenvalue weighted by atomic mass is 19.1. The number of hydrogen-bond donors (Lipinski definition) is 1. The van der Waals surface area contributed by atoms with Gasteiger partial charge >= 0.3 is 0 Å². The molecule has 0 spiro atoms. The van der Waals surface area contributed by atoms with E-state index in [1.54, 1.807) is 18.2 Å². The van der Waals surface area contributed by atoms with E-state index in [4.69, 9.17) is 4.52 Å². The van der Waals surface area contributed by atoms with E-state index in [1.165, 1.54) is 17.2 Å². The Balaban J connectivity index is 1.36. The number of nitrogens with one attached hydrogen (secondary N) is 1. The van der Waals surface area contributed by atoms with E-state index in [0.717, 1.165) is 6.42 Å². The van der Waals surface area contributed by atoms with E-state index >= 15 is 0 Å². The zero-order valence-corrected chi connectivity index (χ0v) is 16.9. The largest absolute Gasteiger partial charge is 0.356 e. The molecule has 4 rings (SSSR count). The van der Waals surface area contributed by atoms with Crippen LogP contribution in [0.2, 0.25) is 0 Å². The van der Waals surface area contributed by atoms with E-state index in [2.05, 4.69) is 39.7 Å². The van der Waals surface area contributed by atoms with E-state index in [1.807, 2.05) is 36.4 Å². The highest BCUT2D eigenvalue weighted by molar-refractivity contribution is 5.77. The molecule has 31 heavy (non-hydrogen) atoms. The molecule has 1 N–H and O–H groups in total. The van der Waals surface area contributed by atoms with Crippen LogP contribution in [0.25, 0.3) is 11.5 Å². The average Bonchev–Trinajstić information content (AvgIpc) is 3.26. The lowest BCUT2D eigenvalue weighted by Gasteiger charge is -2.18. The first-order valence-electron chi connectivity index (χ1n) is 10.1. The summed E-state index contributed by atoms with van der Waals surface area (Å²) in [6, 6.07) is 26.6. The zero-order valence-electron chi connectivity index (χ0n) is 16.9. The van der Waals surface area contributed by atoms with Crippen LogP contribution in [0, 0.1) is 5.82 Å². The average molecular weight is 415 g/mol. The fraction of sp³-hybridized carbons (Fsp3) is 0.160. The Morgan fingerprint density at radius 3 is 2.16 bits per heavy atom. The third-order valence-electron chi connectivity index (χ3n) is 5.05. The van der Waals surface area contributed by atoms with Gasteiger partial charge in [-0.05, 0) is 29.7 Å². The minimum atomic E-state index is -0.449. The van der Waals surface area contributed by atoms with Gasteiger partial charge in [-0.1, -0.05) is 78.0 Å². The number of amides is 1. The molecule has 0 unspecified atom stereocenters. The number of nitrogens with zero attached hydrogens (tertiary/aromatic N) is 2. The highest BCUT2D eigenvalue weighted by Gasteiger charge is 2.17. The molecule has 0 aliphatic carbocycles. The van der Waals surface area contributed by atoms with Gasteiger partial charge in [0.2, 0.25) is 5.91 Å². The van der Waals surface area contributed by atoms with E-state index in [0.29, 0.717) is 6.54 Å². The van der Waals surface area contributed by atoms with Crippen molar-refractivity contribution in [3.8, 4) is 11.5 Å². The van der Waals surface area contributed by atoms with Crippen molar-refractivity contribution in [1.29, 1.82) is 0 Å². The lowest BCUT2D eigenvalue weighted by atomic mass is 9.88. The normalized spacial score (nSPS) is 10.9. The van der Waals surface area contributed by atoms with Gasteiger partial charge in [0, 0.05) is 12.5 Å². The number of carbonyl (C=O) groups excluding carboxylic acids is 1. The molecule has 4 aromatic rings. The molecule has 1 aromatic heterocycles. The predicted octanol–water partition coefficient (Wildman–Crippen LogP) is 4.76. The number of carbonyl (C=O) groups is 1. The van der Waals surface area contributed by atoms with Crippen LogP contribution in [-0.4, -0.2) is 22.6 Å². The maximum Gasteiger partial charge on any atom is 0.260 e. The summed E-state index contributed by atoms with van der Waals surface area (Å²) >= 11 is 0. The van der Waals surface area contributed by atoms with Crippen molar-refractivity contribution in [3.05, 3.63) is 108 Å². The van der Waals surface area contributed by atoms with Crippen molar-refractivity contribution in [2.24, 2.45) is 0 Å². The summed E-state index contributed by atoms with van der Waals surface area (Å²) < 4.78 is 19.0. The van der Waals surface area contributed by atoms with Gasteiger partial charge in [0.1, 0.15) is 5.82 Å². The zero-order chi connectivity index (χ0) is 21.5. The van der Waals surface area contributed by atoms with Crippen molar-refractivity contribution >= 4 is 5.91 Å². The Morgan fingerprint density at radius 2 is 1.52 bits per heavy atom. The van der Waals surface area contributed by atoms with Gasteiger partial charge in [0.15, 0.2) is 5.82 Å². The summed E-state index contributed by atoms with van der Waals surface area (Å²) in [6.45, 7) is 0.505. The molecular weight excluding hydrogens is 393 g/mol. The van der Waals surface area contributed by atoms with Crippen LogP contribution < -0.4 is 5.32 Å². The van der Waals surface area contributed by atoms with E-state index < -0.39 is 5.82 Å². The molecular formula is C25H22FN3O2. The van der Waals surface area contributed by atoms with Gasteiger partial charge in [0.25, 0.3) is 5.89 Å². The van der Waals surface area contributed by atoms with E-state index in [-0.39, 0.29) is 35.5 Å². The Hall–Kier alpha value is -3.80. The quantitative estimate of drug-likeness (QED) is 0.451. The third kappa shape index (κ3) is 5.22. The number of hydrogen-bond acceptors (Lipinski definition) is 4. The minimum Gasteiger partial charge on any atom is -0.356 e. The second-order valence-corrected chi connectivity index (χ2v) is 7.18. The van der Waals surface area contributed by atoms with Crippen molar-refractivity contribution in [2.75, 3.05) is 6.54 Å². The molecule has 3 aromatic carbocycles. The summed E-state index contributed by atoms with van der Waals surface area (Å²) in [5.41, 5.74) is 2.63. The minimum absolute atomic E-state index is 0.0285. The predicted molar refractivity (Wildman–Crippen MR) is 116 cm³/mol. The Labute approximate surface area is 179 Å². The molecule has 0 aliphatic rings. The van der Waals surface area contributed by atoms with Gasteiger partial charge in [0.05, 0.1) is 12.0 Å². The summed E-state index contributed by atoms with van der Waals surface area (Å²) in [4.78, 5) is 16.5. The van der Waals surface area contributed by atoms with Crippen LogP contribution in [0.15, 0.2) is 89.5 Å². The van der Waals surface area contributed by atoms with Gasteiger partial charge in [-0.2, -0.15) is 4.98 Å². The first-order chi connectivity index (χ1) is 15.2. The Kier molecular flexibility index (Phi) is 6.47. The first kappa shape index (κ1) is 20.5. The molecule has 0 radical (unpaired) electrons. The third-order valence-corrected chi connectivity index (χ3v) is 5.05. The van der Waals surface area contributed by atoms with Gasteiger partial charge < -0.3 is 9.84 Å². The lowest BCUT2D eigenvalue weighted by Crippen LogP contribution is -2.27. The lowest BCUT2D eigenvalue weighted by molar-refractivity contribution is -0.120. The van der Waals surface area contributed by atoms with Crippen LogP contribution in [0.1, 0.15) is 29.3 Å². The highest BCUT2D eigenvalue weighted by Crippen LogP contribution is 2.27. The summed E-state index contributed by atoms with van der Waals surface area (Å²) in [6.07, 6.45) is 0.728. The van der Waals surface area contributed by atoms with Crippen LogP contribution in [-0.2, 0) is 11.2 Å². The summed E-state index contributed by atoms with van der Waals surface area (Å²) in [5.74, 6) is -0.191. The Morgan fingerprint density at radius 1 is 0.903 bits per heavy atom. The maximum absolute atomic E-state index is 13.9. The standard InChI is InChI=1S/C25H22FN3O2/c26-22-14-8-7-13-21(22)25-28-23(29-31-25)17-24(30)27-16-15-20(18-9-3-1-4-10-18)19-11-5-2-6-12-19/h1-14,20H,15-17H2,(H,27,30). The number of benzene rings is 3. The first-order valence-corrected chi connectivity index (χ1v) is 10.1. The van der Waals surface area contributed by atoms with Crippen molar-refractivity contribution in [3.63, 3.8) is 0 Å². The second kappa shape index (κ2) is 9.80. The number of halogens is 1. The molecule has 0 fully saturated rings. The van der Waals surface area contributed by atoms with Crippen LogP contribution in [0.5, 0.6) is 0 Å². The van der Waals surface area contributed by atoms with E-state index in [9.17, 15) is 9.18 Å². The van der Waals surface area contributed by atoms with Crippen LogP contribution >= 0.6 is 0 Å². The molecule has 6 heteroatoms. The molecule has 0 saturated carbocycles. The van der Waals surface area contributed by atoms with Crippen LogP contribution in [0.3, 0.4) is 0 Å². The van der Waals surface area contributed by atoms with Crippen molar-refractivity contribution in [2.45, 2.75) is 18.8 Å². The fourth-order valence-electron chi connectivity index (χ4n) is 3.53. The summed E-state index contributed by atoms with van der Waals surface area (Å²) in [7, 11) is 0. The molecule has 0 atom stereocenters. The number of rotatable bonds is 8. The molecule has 0 aliphatic heterocycles. The molecule has 156 valence electrons. The maximum atomic E-state index is 13.9. The topological polar surface area (TPSA) is 68.0 Å². The number of aromatic nitrogens is 2.